The zero-order chi connectivity index (χ0) is 13.9. The first-order valence-electron chi connectivity index (χ1n) is 7.14. The number of aryl methyl sites for hydroxylation is 1. The highest BCUT2D eigenvalue weighted by atomic mass is 16.1. The van der Waals surface area contributed by atoms with Gasteiger partial charge in [-0.15, -0.1) is 0 Å². The van der Waals surface area contributed by atoms with Crippen LogP contribution < -0.4 is 5.32 Å². The SMILES string of the molecule is Cn1nc(C2CCCC2)cc1NC(=O)c1ccccc1. The molecule has 1 aliphatic rings. The van der Waals surface area contributed by atoms with Gasteiger partial charge in [0.2, 0.25) is 0 Å². The third kappa shape index (κ3) is 2.59. The smallest absolute Gasteiger partial charge is 0.256 e. The first kappa shape index (κ1) is 12.9. The summed E-state index contributed by atoms with van der Waals surface area (Å²) in [5.41, 5.74) is 1.77. The quantitative estimate of drug-likeness (QED) is 0.929. The molecule has 4 heteroatoms. The molecule has 0 aliphatic heterocycles. The molecule has 20 heavy (non-hydrogen) atoms. The second-order valence-corrected chi connectivity index (χ2v) is 5.38. The number of amides is 1. The fourth-order valence-electron chi connectivity index (χ4n) is 2.81. The van der Waals surface area contributed by atoms with E-state index in [0.717, 1.165) is 11.5 Å². The van der Waals surface area contributed by atoms with Gasteiger partial charge in [0, 0.05) is 24.6 Å². The third-order valence-corrected chi connectivity index (χ3v) is 3.95. The molecule has 1 amide bonds. The molecule has 0 spiro atoms. The Bertz CT molecular complexity index is 597. The molecule has 0 atom stereocenters. The molecule has 2 aromatic rings. The van der Waals surface area contributed by atoms with Crippen LogP contribution in [-0.4, -0.2) is 15.7 Å². The summed E-state index contributed by atoms with van der Waals surface area (Å²) in [6.07, 6.45) is 4.99. The van der Waals surface area contributed by atoms with Crippen LogP contribution in [0.25, 0.3) is 0 Å². The monoisotopic (exact) mass is 269 g/mol. The van der Waals surface area contributed by atoms with E-state index in [4.69, 9.17) is 0 Å². The Morgan fingerprint density at radius 1 is 1.25 bits per heavy atom. The van der Waals surface area contributed by atoms with Crippen molar-refractivity contribution in [2.24, 2.45) is 7.05 Å². The molecule has 3 rings (SSSR count). The zero-order valence-electron chi connectivity index (χ0n) is 11.7. The van der Waals surface area contributed by atoms with Crippen molar-refractivity contribution in [3.63, 3.8) is 0 Å². The van der Waals surface area contributed by atoms with E-state index >= 15 is 0 Å². The van der Waals surface area contributed by atoms with E-state index in [0.29, 0.717) is 11.5 Å². The van der Waals surface area contributed by atoms with Crippen molar-refractivity contribution in [3.8, 4) is 0 Å². The number of hydrogen-bond donors (Lipinski definition) is 1. The molecular formula is C16H19N3O. The number of nitrogens with one attached hydrogen (secondary N) is 1. The number of carbonyl (C=O) groups is 1. The van der Waals surface area contributed by atoms with Crippen molar-refractivity contribution in [1.29, 1.82) is 0 Å². The summed E-state index contributed by atoms with van der Waals surface area (Å²) in [7, 11) is 1.87. The molecule has 1 saturated carbocycles. The fourth-order valence-corrected chi connectivity index (χ4v) is 2.81. The van der Waals surface area contributed by atoms with Gasteiger partial charge in [-0.25, -0.2) is 0 Å². The minimum atomic E-state index is -0.0911. The Morgan fingerprint density at radius 3 is 2.65 bits per heavy atom. The molecule has 0 unspecified atom stereocenters. The van der Waals surface area contributed by atoms with Crippen LogP contribution in [0.4, 0.5) is 5.82 Å². The second kappa shape index (κ2) is 5.49. The second-order valence-electron chi connectivity index (χ2n) is 5.38. The van der Waals surface area contributed by atoms with Crippen LogP contribution in [0.1, 0.15) is 47.7 Å². The molecule has 104 valence electrons. The maximum Gasteiger partial charge on any atom is 0.256 e. The average molecular weight is 269 g/mol. The van der Waals surface area contributed by atoms with Crippen LogP contribution in [0.2, 0.25) is 0 Å². The molecule has 1 N–H and O–H groups in total. The minimum Gasteiger partial charge on any atom is -0.307 e. The number of rotatable bonds is 3. The Balaban J connectivity index is 1.76. The maximum atomic E-state index is 12.1. The molecule has 0 bridgehead atoms. The largest absolute Gasteiger partial charge is 0.307 e. The predicted octanol–water partition coefficient (Wildman–Crippen LogP) is 3.33. The van der Waals surface area contributed by atoms with Crippen LogP contribution in [0.5, 0.6) is 0 Å². The highest BCUT2D eigenvalue weighted by Crippen LogP contribution is 2.34. The van der Waals surface area contributed by atoms with Crippen molar-refractivity contribution in [3.05, 3.63) is 47.7 Å². The van der Waals surface area contributed by atoms with Gasteiger partial charge in [0.15, 0.2) is 0 Å². The van der Waals surface area contributed by atoms with Crippen molar-refractivity contribution in [2.45, 2.75) is 31.6 Å². The van der Waals surface area contributed by atoms with Gasteiger partial charge in [0.1, 0.15) is 5.82 Å². The summed E-state index contributed by atoms with van der Waals surface area (Å²) in [4.78, 5) is 12.1. The van der Waals surface area contributed by atoms with E-state index in [1.807, 2.05) is 43.4 Å². The summed E-state index contributed by atoms with van der Waals surface area (Å²) < 4.78 is 1.76. The summed E-state index contributed by atoms with van der Waals surface area (Å²) in [6, 6.07) is 11.3. The highest BCUT2D eigenvalue weighted by Gasteiger charge is 2.21. The van der Waals surface area contributed by atoms with E-state index in [2.05, 4.69) is 10.4 Å². The van der Waals surface area contributed by atoms with Crippen LogP contribution in [-0.2, 0) is 7.05 Å². The lowest BCUT2D eigenvalue weighted by Gasteiger charge is -2.04. The molecule has 1 aliphatic carbocycles. The van der Waals surface area contributed by atoms with Crippen molar-refractivity contribution in [2.75, 3.05) is 5.32 Å². The van der Waals surface area contributed by atoms with Crippen LogP contribution in [0.15, 0.2) is 36.4 Å². The van der Waals surface area contributed by atoms with Gasteiger partial charge in [-0.1, -0.05) is 31.0 Å². The van der Waals surface area contributed by atoms with E-state index < -0.39 is 0 Å². The molecule has 0 saturated heterocycles. The fraction of sp³-hybridized carbons (Fsp3) is 0.375. The number of carbonyl (C=O) groups excluding carboxylic acids is 1. The van der Waals surface area contributed by atoms with Gasteiger partial charge in [0.05, 0.1) is 5.69 Å². The molecule has 1 aromatic heterocycles. The van der Waals surface area contributed by atoms with Crippen LogP contribution >= 0.6 is 0 Å². The van der Waals surface area contributed by atoms with E-state index in [1.165, 1.54) is 25.7 Å². The first-order valence-corrected chi connectivity index (χ1v) is 7.14. The molecule has 1 fully saturated rings. The molecule has 1 heterocycles. The van der Waals surface area contributed by atoms with Crippen molar-refractivity contribution in [1.82, 2.24) is 9.78 Å². The number of nitrogens with zero attached hydrogens (tertiary/aromatic N) is 2. The number of aromatic nitrogens is 2. The Hall–Kier alpha value is -2.10. The summed E-state index contributed by atoms with van der Waals surface area (Å²) in [5, 5.41) is 7.47. The summed E-state index contributed by atoms with van der Waals surface area (Å²) >= 11 is 0. The minimum absolute atomic E-state index is 0.0911. The average Bonchev–Trinajstić information content (AvgIpc) is 3.10. The number of hydrogen-bond acceptors (Lipinski definition) is 2. The Kier molecular flexibility index (Phi) is 3.54. The van der Waals surface area contributed by atoms with Gasteiger partial charge < -0.3 is 5.32 Å². The van der Waals surface area contributed by atoms with E-state index in [9.17, 15) is 4.79 Å². The van der Waals surface area contributed by atoms with E-state index in [1.54, 1.807) is 4.68 Å². The molecule has 1 aromatic carbocycles. The number of anilines is 1. The Morgan fingerprint density at radius 2 is 1.95 bits per heavy atom. The lowest BCUT2D eigenvalue weighted by Crippen LogP contribution is -2.14. The normalized spacial score (nSPS) is 15.4. The first-order chi connectivity index (χ1) is 9.74. The predicted molar refractivity (Wildman–Crippen MR) is 78.8 cm³/mol. The van der Waals surface area contributed by atoms with Gasteiger partial charge in [-0.05, 0) is 25.0 Å². The van der Waals surface area contributed by atoms with Crippen molar-refractivity contribution < 1.29 is 4.79 Å². The van der Waals surface area contributed by atoms with E-state index in [-0.39, 0.29) is 5.91 Å². The maximum absolute atomic E-state index is 12.1. The lowest BCUT2D eigenvalue weighted by atomic mass is 10.0. The van der Waals surface area contributed by atoms with Crippen LogP contribution in [0.3, 0.4) is 0 Å². The van der Waals surface area contributed by atoms with Gasteiger partial charge in [-0.2, -0.15) is 5.10 Å². The van der Waals surface area contributed by atoms with Gasteiger partial charge in [-0.3, -0.25) is 9.48 Å². The summed E-state index contributed by atoms with van der Waals surface area (Å²) in [6.45, 7) is 0. The highest BCUT2D eigenvalue weighted by molar-refractivity contribution is 6.03. The Labute approximate surface area is 118 Å². The van der Waals surface area contributed by atoms with Gasteiger partial charge >= 0.3 is 0 Å². The molecule has 0 radical (unpaired) electrons. The zero-order valence-corrected chi connectivity index (χ0v) is 11.7. The molecule has 4 nitrogen and oxygen atoms in total. The standard InChI is InChI=1S/C16H19N3O/c1-19-15(11-14(18-19)12-7-5-6-8-12)17-16(20)13-9-3-2-4-10-13/h2-4,9-12H,5-8H2,1H3,(H,17,20). The molecular weight excluding hydrogens is 250 g/mol. The lowest BCUT2D eigenvalue weighted by molar-refractivity contribution is 0.102. The third-order valence-electron chi connectivity index (χ3n) is 3.95. The number of benzene rings is 1. The van der Waals surface area contributed by atoms with Crippen molar-refractivity contribution >= 4 is 11.7 Å². The van der Waals surface area contributed by atoms with Crippen LogP contribution in [0, 0.1) is 0 Å². The topological polar surface area (TPSA) is 46.9 Å². The summed E-state index contributed by atoms with van der Waals surface area (Å²) in [5.74, 6) is 1.23. The van der Waals surface area contributed by atoms with Gasteiger partial charge in [0.25, 0.3) is 5.91 Å².